The van der Waals surface area contributed by atoms with E-state index in [1.54, 1.807) is 52.1 Å². The van der Waals surface area contributed by atoms with Gasteiger partial charge in [-0.15, -0.1) is 10.2 Å². The molecule has 0 radical (unpaired) electrons. The van der Waals surface area contributed by atoms with Crippen molar-refractivity contribution >= 4 is 29.4 Å². The molecule has 36 heavy (non-hydrogen) atoms. The molecule has 0 fully saturated rings. The van der Waals surface area contributed by atoms with Crippen molar-refractivity contribution in [3.05, 3.63) is 64.9 Å². The molecule has 0 saturated heterocycles. The molecule has 0 saturated carbocycles. The van der Waals surface area contributed by atoms with Crippen molar-refractivity contribution in [3.8, 4) is 5.75 Å². The molecule has 0 unspecified atom stereocenters. The summed E-state index contributed by atoms with van der Waals surface area (Å²) in [7, 11) is 1.60. The van der Waals surface area contributed by atoms with Crippen LogP contribution in [-0.4, -0.2) is 51.6 Å². The maximum atomic E-state index is 12.7. The number of carbonyl (C=O) groups excluding carboxylic acids is 2. The number of hydrogen-bond acceptors (Lipinski definition) is 7. The Hall–Kier alpha value is -3.86. The summed E-state index contributed by atoms with van der Waals surface area (Å²) in [4.78, 5) is 25.9. The van der Waals surface area contributed by atoms with E-state index in [4.69, 9.17) is 21.1 Å². The van der Waals surface area contributed by atoms with Gasteiger partial charge in [-0.05, 0) is 67.9 Å². The van der Waals surface area contributed by atoms with E-state index in [-0.39, 0.29) is 13.1 Å². The molecule has 3 aromatic rings. The molecule has 3 amide bonds. The molecular weight excluding hydrogens is 486 g/mol. The van der Waals surface area contributed by atoms with E-state index in [1.807, 2.05) is 24.3 Å². The highest BCUT2D eigenvalue weighted by Gasteiger charge is 2.21. The predicted molar refractivity (Wildman–Crippen MR) is 135 cm³/mol. The number of methoxy groups -OCH3 is 1. The lowest BCUT2D eigenvalue weighted by molar-refractivity contribution is 0.0525. The van der Waals surface area contributed by atoms with Gasteiger partial charge in [-0.3, -0.25) is 0 Å². The molecule has 0 aliphatic rings. The summed E-state index contributed by atoms with van der Waals surface area (Å²) in [5, 5.41) is 21.5. The number of nitrogens with zero attached hydrogens (tertiary/aromatic N) is 4. The van der Waals surface area contributed by atoms with Crippen LogP contribution in [0.1, 0.15) is 38.2 Å². The molecule has 192 valence electrons. The number of rotatable bonds is 9. The van der Waals surface area contributed by atoms with Gasteiger partial charge < -0.3 is 25.4 Å². The zero-order valence-corrected chi connectivity index (χ0v) is 21.4. The number of nitrogens with one attached hydrogen (secondary N) is 3. The second-order valence-electron chi connectivity index (χ2n) is 8.88. The second-order valence-corrected chi connectivity index (χ2v) is 9.32. The molecular formula is C24H30ClN7O4. The number of benzene rings is 2. The van der Waals surface area contributed by atoms with E-state index >= 15 is 0 Å². The first kappa shape index (κ1) is 26.7. The number of urea groups is 1. The molecule has 11 nitrogen and oxygen atoms in total. The summed E-state index contributed by atoms with van der Waals surface area (Å²) < 4.78 is 10.4. The summed E-state index contributed by atoms with van der Waals surface area (Å²) in [6.07, 6.45) is -0.111. The van der Waals surface area contributed by atoms with Gasteiger partial charge >= 0.3 is 12.1 Å². The third-order valence-corrected chi connectivity index (χ3v) is 5.02. The highest BCUT2D eigenvalue weighted by atomic mass is 35.5. The van der Waals surface area contributed by atoms with E-state index in [1.165, 1.54) is 4.80 Å². The van der Waals surface area contributed by atoms with Crippen molar-refractivity contribution in [1.82, 2.24) is 30.8 Å². The van der Waals surface area contributed by atoms with Crippen LogP contribution >= 0.6 is 11.6 Å². The van der Waals surface area contributed by atoms with Crippen molar-refractivity contribution in [1.29, 1.82) is 0 Å². The van der Waals surface area contributed by atoms with Crippen LogP contribution in [0.15, 0.2) is 48.5 Å². The van der Waals surface area contributed by atoms with Crippen LogP contribution in [0.3, 0.4) is 0 Å². The minimum atomic E-state index is -0.588. The molecule has 0 bridgehead atoms. The smallest absolute Gasteiger partial charge is 0.407 e. The largest absolute Gasteiger partial charge is 0.497 e. The number of ether oxygens (including phenoxy) is 2. The van der Waals surface area contributed by atoms with Gasteiger partial charge in [0.15, 0.2) is 5.82 Å². The average Bonchev–Trinajstić information content (AvgIpc) is 3.28. The highest BCUT2D eigenvalue weighted by molar-refractivity contribution is 6.30. The van der Waals surface area contributed by atoms with Gasteiger partial charge in [0.05, 0.1) is 19.7 Å². The van der Waals surface area contributed by atoms with Gasteiger partial charge in [0.25, 0.3) is 0 Å². The first-order valence-corrected chi connectivity index (χ1v) is 11.7. The average molecular weight is 516 g/mol. The number of halogens is 1. The Labute approximate surface area is 214 Å². The summed E-state index contributed by atoms with van der Waals surface area (Å²) in [6.45, 7) is 5.89. The molecule has 1 aromatic heterocycles. The maximum absolute atomic E-state index is 12.7. The predicted octanol–water partition coefficient (Wildman–Crippen LogP) is 3.97. The number of hydrogen-bond donors (Lipinski definition) is 3. The van der Waals surface area contributed by atoms with Gasteiger partial charge in [0, 0.05) is 23.7 Å². The second kappa shape index (κ2) is 12.2. The molecule has 3 N–H and O–H groups in total. The normalized spacial score (nSPS) is 11.9. The zero-order chi connectivity index (χ0) is 26.1. The Morgan fingerprint density at radius 2 is 1.78 bits per heavy atom. The third kappa shape index (κ3) is 8.73. The third-order valence-electron chi connectivity index (χ3n) is 4.77. The molecule has 0 spiro atoms. The molecule has 0 aliphatic carbocycles. The van der Waals surface area contributed by atoms with Gasteiger partial charge in [0.1, 0.15) is 11.4 Å². The van der Waals surface area contributed by atoms with E-state index in [9.17, 15) is 9.59 Å². The van der Waals surface area contributed by atoms with Crippen LogP contribution in [0.2, 0.25) is 5.02 Å². The quantitative estimate of drug-likeness (QED) is 0.393. The Balaban J connectivity index is 1.67. The summed E-state index contributed by atoms with van der Waals surface area (Å²) in [6, 6.07) is 13.3. The van der Waals surface area contributed by atoms with Gasteiger partial charge in [0.2, 0.25) is 0 Å². The van der Waals surface area contributed by atoms with Crippen molar-refractivity contribution in [2.45, 2.75) is 45.4 Å². The van der Waals surface area contributed by atoms with Crippen LogP contribution in [0, 0.1) is 0 Å². The Morgan fingerprint density at radius 1 is 1.08 bits per heavy atom. The summed E-state index contributed by atoms with van der Waals surface area (Å²) >= 11 is 5.92. The van der Waals surface area contributed by atoms with Gasteiger partial charge in [-0.2, -0.15) is 4.80 Å². The minimum absolute atomic E-state index is 0.248. The van der Waals surface area contributed by atoms with Crippen LogP contribution in [0.4, 0.5) is 15.3 Å². The Morgan fingerprint density at radius 3 is 2.42 bits per heavy atom. The van der Waals surface area contributed by atoms with Crippen LogP contribution in [0.5, 0.6) is 5.75 Å². The van der Waals surface area contributed by atoms with Gasteiger partial charge in [-0.25, -0.2) is 9.59 Å². The van der Waals surface area contributed by atoms with E-state index in [0.717, 1.165) is 11.3 Å². The lowest BCUT2D eigenvalue weighted by Gasteiger charge is -2.19. The van der Waals surface area contributed by atoms with Crippen LogP contribution < -0.4 is 20.7 Å². The fraction of sp³-hybridized carbons (Fsp3) is 0.375. The van der Waals surface area contributed by atoms with Crippen molar-refractivity contribution in [2.24, 2.45) is 0 Å². The van der Waals surface area contributed by atoms with E-state index < -0.39 is 23.8 Å². The van der Waals surface area contributed by atoms with Crippen LogP contribution in [-0.2, 0) is 17.7 Å². The van der Waals surface area contributed by atoms with E-state index in [2.05, 4.69) is 31.4 Å². The number of tetrazole rings is 1. The number of aromatic nitrogens is 4. The monoisotopic (exact) mass is 515 g/mol. The SMILES string of the molecule is COc1ccc(C[C@H](NC(=O)Nc2ccc(Cl)cc2)c2nnn(CCNC(=O)OC(C)(C)C)n2)cc1. The number of alkyl carbamates (subject to hydrolysis) is 1. The number of carbonyl (C=O) groups is 2. The van der Waals surface area contributed by atoms with E-state index in [0.29, 0.717) is 23.0 Å². The Kier molecular flexibility index (Phi) is 9.07. The number of amides is 3. The number of anilines is 1. The summed E-state index contributed by atoms with van der Waals surface area (Å²) in [5.41, 5.74) is 0.941. The van der Waals surface area contributed by atoms with Crippen molar-refractivity contribution in [3.63, 3.8) is 0 Å². The lowest BCUT2D eigenvalue weighted by atomic mass is 10.1. The first-order valence-electron chi connectivity index (χ1n) is 11.3. The molecule has 1 heterocycles. The first-order chi connectivity index (χ1) is 17.1. The minimum Gasteiger partial charge on any atom is -0.497 e. The Bertz CT molecular complexity index is 1140. The van der Waals surface area contributed by atoms with Gasteiger partial charge in [-0.1, -0.05) is 23.7 Å². The topological polar surface area (TPSA) is 132 Å². The molecule has 0 aliphatic heterocycles. The molecule has 2 aromatic carbocycles. The standard InChI is InChI=1S/C24H30ClN7O4/c1-24(2,3)36-23(34)26-13-14-32-30-21(29-31-32)20(15-16-5-11-19(35-4)12-6-16)28-22(33)27-18-9-7-17(25)8-10-18/h5-12,20H,13-15H2,1-4H3,(H,26,34)(H2,27,28,33)/t20-/m0/s1. The van der Waals surface area contributed by atoms with Crippen molar-refractivity contribution in [2.75, 3.05) is 19.0 Å². The fourth-order valence-electron chi connectivity index (χ4n) is 3.12. The fourth-order valence-corrected chi connectivity index (χ4v) is 3.25. The van der Waals surface area contributed by atoms with Crippen LogP contribution in [0.25, 0.3) is 0 Å². The lowest BCUT2D eigenvalue weighted by Crippen LogP contribution is -2.35. The molecule has 1 atom stereocenters. The summed E-state index contributed by atoms with van der Waals surface area (Å²) in [5.74, 6) is 1.06. The molecule has 3 rings (SSSR count). The zero-order valence-electron chi connectivity index (χ0n) is 20.6. The maximum Gasteiger partial charge on any atom is 0.407 e. The van der Waals surface area contributed by atoms with Crippen molar-refractivity contribution < 1.29 is 19.1 Å². The highest BCUT2D eigenvalue weighted by Crippen LogP contribution is 2.19. The molecule has 12 heteroatoms.